The minimum Gasteiger partial charge on any atom is -0.228 e. The summed E-state index contributed by atoms with van der Waals surface area (Å²) < 4.78 is 0. The highest BCUT2D eigenvalue weighted by molar-refractivity contribution is 6.20. The zero-order valence-electron chi connectivity index (χ0n) is 31.9. The van der Waals surface area contributed by atoms with Gasteiger partial charge in [-0.15, -0.1) is 0 Å². The number of nitrogens with zero attached hydrogens (tertiary/aromatic N) is 2. The first-order valence-corrected chi connectivity index (χ1v) is 19.7. The molecule has 1 aliphatic rings. The van der Waals surface area contributed by atoms with Crippen LogP contribution in [0.2, 0.25) is 0 Å². The van der Waals surface area contributed by atoms with Gasteiger partial charge in [-0.3, -0.25) is 0 Å². The van der Waals surface area contributed by atoms with Crippen molar-refractivity contribution in [2.24, 2.45) is 0 Å². The molecule has 57 heavy (non-hydrogen) atoms. The Kier molecular flexibility index (Phi) is 7.55. The second-order valence-electron chi connectivity index (χ2n) is 15.8. The van der Waals surface area contributed by atoms with E-state index in [-0.39, 0.29) is 5.41 Å². The fourth-order valence-corrected chi connectivity index (χ4v) is 9.14. The number of benzene rings is 9. The molecule has 0 saturated heterocycles. The van der Waals surface area contributed by atoms with E-state index in [1.165, 1.54) is 71.3 Å². The minimum atomic E-state index is -0.113. The van der Waals surface area contributed by atoms with E-state index in [1.807, 2.05) is 0 Å². The van der Waals surface area contributed by atoms with Gasteiger partial charge >= 0.3 is 0 Å². The molecule has 9 aromatic carbocycles. The highest BCUT2D eigenvalue weighted by atomic mass is 14.9. The van der Waals surface area contributed by atoms with Crippen molar-refractivity contribution in [2.75, 3.05) is 0 Å². The SMILES string of the molecule is CC1(C)c2ccccc2-c2ccc(-c3cc(-c4cccc(-c5ccccc5)c4)nc(-c4ccc(-c5c6ccccc6cc6c5ccc5ccccc56)cc4)n3)cc21. The zero-order valence-corrected chi connectivity index (χ0v) is 31.9. The van der Waals surface area contributed by atoms with Gasteiger partial charge in [-0.05, 0) is 101 Å². The van der Waals surface area contributed by atoms with Crippen LogP contribution in [0.1, 0.15) is 25.0 Å². The van der Waals surface area contributed by atoms with Gasteiger partial charge in [0.2, 0.25) is 0 Å². The predicted octanol–water partition coefficient (Wildman–Crippen LogP) is 14.6. The molecule has 1 heterocycles. The average molecular weight is 727 g/mol. The molecule has 0 unspecified atom stereocenters. The van der Waals surface area contributed by atoms with E-state index in [0.717, 1.165) is 33.6 Å². The second-order valence-corrected chi connectivity index (χ2v) is 15.8. The van der Waals surface area contributed by atoms with E-state index in [0.29, 0.717) is 5.82 Å². The van der Waals surface area contributed by atoms with Gasteiger partial charge in [0.15, 0.2) is 5.82 Å². The van der Waals surface area contributed by atoms with Crippen LogP contribution in [0.3, 0.4) is 0 Å². The molecule has 0 amide bonds. The summed E-state index contributed by atoms with van der Waals surface area (Å²) >= 11 is 0. The van der Waals surface area contributed by atoms with Crippen LogP contribution in [-0.4, -0.2) is 9.97 Å². The number of hydrogen-bond acceptors (Lipinski definition) is 2. The molecule has 10 aromatic rings. The maximum Gasteiger partial charge on any atom is 0.160 e. The summed E-state index contributed by atoms with van der Waals surface area (Å²) in [5.41, 5.74) is 14.9. The summed E-state index contributed by atoms with van der Waals surface area (Å²) in [6, 6.07) is 70.2. The Labute approximate surface area is 332 Å². The van der Waals surface area contributed by atoms with Crippen molar-refractivity contribution in [2.45, 2.75) is 19.3 Å². The van der Waals surface area contributed by atoms with Crippen LogP contribution in [0.25, 0.3) is 99.6 Å². The van der Waals surface area contributed by atoms with E-state index in [1.54, 1.807) is 0 Å². The maximum absolute atomic E-state index is 5.33. The van der Waals surface area contributed by atoms with Crippen molar-refractivity contribution in [3.05, 3.63) is 205 Å². The molecule has 2 nitrogen and oxygen atoms in total. The first-order valence-electron chi connectivity index (χ1n) is 19.7. The number of rotatable bonds is 5. The summed E-state index contributed by atoms with van der Waals surface area (Å²) in [7, 11) is 0. The smallest absolute Gasteiger partial charge is 0.160 e. The average Bonchev–Trinajstić information content (AvgIpc) is 3.51. The van der Waals surface area contributed by atoms with Crippen LogP contribution < -0.4 is 0 Å². The molecule has 0 N–H and O–H groups in total. The third-order valence-electron chi connectivity index (χ3n) is 12.1. The van der Waals surface area contributed by atoms with Gasteiger partial charge < -0.3 is 0 Å². The number of hydrogen-bond donors (Lipinski definition) is 0. The summed E-state index contributed by atoms with van der Waals surface area (Å²) in [4.78, 5) is 10.6. The summed E-state index contributed by atoms with van der Waals surface area (Å²) in [5.74, 6) is 0.705. The Morgan fingerprint density at radius 1 is 0.333 bits per heavy atom. The largest absolute Gasteiger partial charge is 0.228 e. The van der Waals surface area contributed by atoms with Crippen molar-refractivity contribution < 1.29 is 0 Å². The van der Waals surface area contributed by atoms with Crippen molar-refractivity contribution in [3.63, 3.8) is 0 Å². The first kappa shape index (κ1) is 33.2. The standard InChI is InChI=1S/C55H38N2/c1-55(2)49-22-11-10-21-45(49)46-29-28-42(33-50(46)55)52-34-51(41-18-12-17-39(31-41)35-13-4-3-5-14-35)56-54(57-52)38-25-23-37(24-26-38)53-44-20-9-7-16-40(44)32-48-43-19-8-6-15-36(43)27-30-47(48)53/h3-34H,1-2H3. The van der Waals surface area contributed by atoms with Crippen molar-refractivity contribution in [1.29, 1.82) is 0 Å². The quantitative estimate of drug-likeness (QED) is 0.130. The highest BCUT2D eigenvalue weighted by Gasteiger charge is 2.35. The molecule has 1 aliphatic carbocycles. The van der Waals surface area contributed by atoms with E-state index in [4.69, 9.17) is 9.97 Å². The molecule has 0 fully saturated rings. The van der Waals surface area contributed by atoms with Crippen molar-refractivity contribution >= 4 is 32.3 Å². The minimum absolute atomic E-state index is 0.113. The lowest BCUT2D eigenvalue weighted by molar-refractivity contribution is 0.660. The Bertz CT molecular complexity index is 3190. The molecule has 2 heteroatoms. The molecule has 268 valence electrons. The van der Waals surface area contributed by atoms with Crippen LogP contribution in [0.15, 0.2) is 194 Å². The summed E-state index contributed by atoms with van der Waals surface area (Å²) in [6.07, 6.45) is 0. The van der Waals surface area contributed by atoms with Gasteiger partial charge in [-0.25, -0.2) is 9.97 Å². The third kappa shape index (κ3) is 5.48. The van der Waals surface area contributed by atoms with Crippen molar-refractivity contribution in [3.8, 4) is 67.3 Å². The van der Waals surface area contributed by atoms with Crippen LogP contribution in [0, 0.1) is 0 Å². The molecular formula is C55H38N2. The Morgan fingerprint density at radius 3 is 1.77 bits per heavy atom. The molecule has 0 atom stereocenters. The van der Waals surface area contributed by atoms with Crippen LogP contribution >= 0.6 is 0 Å². The van der Waals surface area contributed by atoms with Gasteiger partial charge in [0.1, 0.15) is 0 Å². The molecule has 0 spiro atoms. The highest BCUT2D eigenvalue weighted by Crippen LogP contribution is 2.49. The summed E-state index contributed by atoms with van der Waals surface area (Å²) in [6.45, 7) is 4.66. The number of aromatic nitrogens is 2. The Balaban J connectivity index is 1.07. The lowest BCUT2D eigenvalue weighted by atomic mass is 9.82. The van der Waals surface area contributed by atoms with Crippen LogP contribution in [0.4, 0.5) is 0 Å². The molecule has 0 aliphatic heterocycles. The van der Waals surface area contributed by atoms with E-state index in [2.05, 4.69) is 208 Å². The van der Waals surface area contributed by atoms with Crippen LogP contribution in [-0.2, 0) is 5.41 Å². The lowest BCUT2D eigenvalue weighted by Gasteiger charge is -2.22. The Morgan fingerprint density at radius 2 is 0.947 bits per heavy atom. The van der Waals surface area contributed by atoms with Crippen LogP contribution in [0.5, 0.6) is 0 Å². The molecule has 0 saturated carbocycles. The molecule has 0 bridgehead atoms. The molecular weight excluding hydrogens is 689 g/mol. The van der Waals surface area contributed by atoms with E-state index >= 15 is 0 Å². The van der Waals surface area contributed by atoms with E-state index < -0.39 is 0 Å². The van der Waals surface area contributed by atoms with Gasteiger partial charge in [0.25, 0.3) is 0 Å². The predicted molar refractivity (Wildman–Crippen MR) is 239 cm³/mol. The van der Waals surface area contributed by atoms with Gasteiger partial charge in [-0.1, -0.05) is 184 Å². The van der Waals surface area contributed by atoms with Crippen molar-refractivity contribution in [1.82, 2.24) is 9.97 Å². The van der Waals surface area contributed by atoms with Gasteiger partial charge in [-0.2, -0.15) is 0 Å². The molecule has 11 rings (SSSR count). The monoisotopic (exact) mass is 726 g/mol. The van der Waals surface area contributed by atoms with E-state index in [9.17, 15) is 0 Å². The molecule has 1 aromatic heterocycles. The third-order valence-corrected chi connectivity index (χ3v) is 12.1. The topological polar surface area (TPSA) is 25.8 Å². The zero-order chi connectivity index (χ0) is 38.1. The Hall–Kier alpha value is -7.16. The fraction of sp³-hybridized carbons (Fsp3) is 0.0545. The number of fused-ring (bicyclic) bond motifs is 7. The normalized spacial score (nSPS) is 12.9. The summed E-state index contributed by atoms with van der Waals surface area (Å²) in [5, 5.41) is 7.52. The fourth-order valence-electron chi connectivity index (χ4n) is 9.14. The van der Waals surface area contributed by atoms with Gasteiger partial charge in [0.05, 0.1) is 11.4 Å². The second kappa shape index (κ2) is 13.0. The molecule has 0 radical (unpaired) electrons. The maximum atomic E-state index is 5.33. The first-order chi connectivity index (χ1) is 28.0. The lowest BCUT2D eigenvalue weighted by Crippen LogP contribution is -2.14. The van der Waals surface area contributed by atoms with Gasteiger partial charge in [0, 0.05) is 22.1 Å².